The largest absolute Gasteiger partial charge is 0.387 e. The molecular weight excluding hydrogens is 410 g/mol. The van der Waals surface area contributed by atoms with E-state index in [4.69, 9.17) is 4.74 Å². The predicted octanol–water partition coefficient (Wildman–Crippen LogP) is 5.54. The lowest BCUT2D eigenvalue weighted by molar-refractivity contribution is -0.164. The van der Waals surface area contributed by atoms with Crippen molar-refractivity contribution >= 4 is 5.78 Å². The van der Waals surface area contributed by atoms with Gasteiger partial charge in [0.1, 0.15) is 5.78 Å². The number of Topliss-reactive ketones (excluding diaryl/α,β-unsaturated/α-hetero) is 1. The van der Waals surface area contributed by atoms with Gasteiger partial charge in [-0.2, -0.15) is 0 Å². The molecule has 0 amide bonds. The summed E-state index contributed by atoms with van der Waals surface area (Å²) in [6.45, 7) is 7.44. The number of aliphatic hydroxyl groups is 1. The zero-order valence-corrected chi connectivity index (χ0v) is 21.1. The molecule has 0 bridgehead atoms. The van der Waals surface area contributed by atoms with Crippen molar-refractivity contribution in [2.24, 2.45) is 40.4 Å². The first-order chi connectivity index (χ1) is 15.7. The van der Waals surface area contributed by atoms with Gasteiger partial charge in [0.2, 0.25) is 0 Å². The number of rotatable bonds is 5. The third-order valence-corrected chi connectivity index (χ3v) is 10.9. The fourth-order valence-corrected chi connectivity index (χ4v) is 9.25. The second kappa shape index (κ2) is 8.45. The van der Waals surface area contributed by atoms with E-state index in [1.165, 1.54) is 32.1 Å². The number of carbonyl (C=O) groups is 1. The van der Waals surface area contributed by atoms with Gasteiger partial charge in [0.05, 0.1) is 12.2 Å². The Bertz CT molecular complexity index is 901. The third-order valence-electron chi connectivity index (χ3n) is 10.9. The van der Waals surface area contributed by atoms with Gasteiger partial charge >= 0.3 is 0 Å². The van der Waals surface area contributed by atoms with Gasteiger partial charge in [-0.25, -0.2) is 0 Å². The van der Waals surface area contributed by atoms with Crippen LogP contribution in [0.5, 0.6) is 0 Å². The molecule has 1 N–H and O–H groups in total. The fraction of sp³-hybridized carbons (Fsp3) is 0.793. The van der Waals surface area contributed by atoms with Crippen LogP contribution in [0.3, 0.4) is 0 Å². The Kier molecular flexibility index (Phi) is 6.01. The molecule has 0 aromatic carbocycles. The highest BCUT2D eigenvalue weighted by molar-refractivity contribution is 5.84. The summed E-state index contributed by atoms with van der Waals surface area (Å²) in [7, 11) is 1.71. The maximum absolute atomic E-state index is 13.5. The second-order valence-corrected chi connectivity index (χ2v) is 12.6. The summed E-state index contributed by atoms with van der Waals surface area (Å²) in [6.07, 6.45) is 10.6. The molecule has 1 heterocycles. The van der Waals surface area contributed by atoms with Crippen LogP contribution in [0.4, 0.5) is 0 Å². The number of nitrogens with zero attached hydrogens (tertiary/aromatic N) is 1. The first-order valence-corrected chi connectivity index (χ1v) is 13.4. The van der Waals surface area contributed by atoms with Crippen LogP contribution >= 0.6 is 0 Å². The number of pyridine rings is 1. The van der Waals surface area contributed by atoms with Gasteiger partial charge in [-0.1, -0.05) is 19.9 Å². The lowest BCUT2D eigenvalue weighted by atomic mass is 9.44. The Morgan fingerprint density at radius 1 is 1.06 bits per heavy atom. The van der Waals surface area contributed by atoms with Crippen molar-refractivity contribution in [3.63, 3.8) is 0 Å². The Morgan fingerprint density at radius 3 is 2.61 bits per heavy atom. The number of fused-ring (bicyclic) bond motifs is 5. The lowest BCUT2D eigenvalue weighted by Crippen LogP contribution is -2.56. The van der Waals surface area contributed by atoms with Crippen molar-refractivity contribution in [1.29, 1.82) is 0 Å². The van der Waals surface area contributed by atoms with Crippen LogP contribution in [0.25, 0.3) is 0 Å². The molecule has 8 atom stereocenters. The number of aryl methyl sites for hydroxylation is 1. The van der Waals surface area contributed by atoms with E-state index in [9.17, 15) is 9.90 Å². The number of ether oxygens (including phenoxy) is 1. The average Bonchev–Trinajstić information content (AvgIpc) is 3.12. The molecule has 0 spiro atoms. The van der Waals surface area contributed by atoms with E-state index in [1.807, 2.05) is 25.1 Å². The monoisotopic (exact) mass is 453 g/mol. The summed E-state index contributed by atoms with van der Waals surface area (Å²) in [6, 6.07) is 6.03. The van der Waals surface area contributed by atoms with Gasteiger partial charge in [-0.05, 0) is 111 Å². The van der Waals surface area contributed by atoms with Crippen LogP contribution in [0.1, 0.15) is 83.0 Å². The minimum absolute atomic E-state index is 0.150. The SMILES string of the molecule is COC[C@@]1(O)CC[C@@]2(C)[C@@H](CC[C@@H]3[C@@H]2CC[C@]2(C)[C@@H](C(=O)Cc4cccc(C)n4)CC[C@@H]32)C1. The van der Waals surface area contributed by atoms with Crippen molar-refractivity contribution in [1.82, 2.24) is 4.98 Å². The van der Waals surface area contributed by atoms with Crippen LogP contribution < -0.4 is 0 Å². The Hall–Kier alpha value is -1.26. The maximum Gasteiger partial charge on any atom is 0.142 e. The number of hydrogen-bond donors (Lipinski definition) is 1. The normalized spacial score (nSPS) is 44.6. The molecule has 4 fully saturated rings. The standard InChI is InChI=1S/C29H43NO3/c1-19-6-5-7-21(30-19)16-26(31)25-11-10-23-22-9-8-20-17-29(32,18-33-4)15-14-27(20,2)24(22)12-13-28(23,25)3/h5-7,20,22-25,32H,8-18H2,1-4H3/t20-,22-,23-,24-,25+,27-,28-,29+/m0/s1. The molecule has 33 heavy (non-hydrogen) atoms. The molecule has 4 nitrogen and oxygen atoms in total. The maximum atomic E-state index is 13.5. The molecule has 4 aliphatic rings. The molecule has 4 saturated carbocycles. The van der Waals surface area contributed by atoms with Gasteiger partial charge in [-0.3, -0.25) is 9.78 Å². The van der Waals surface area contributed by atoms with Crippen molar-refractivity contribution in [2.45, 2.75) is 90.6 Å². The molecule has 1 aromatic rings. The van der Waals surface area contributed by atoms with E-state index in [0.29, 0.717) is 36.1 Å². The van der Waals surface area contributed by atoms with Crippen molar-refractivity contribution in [2.75, 3.05) is 13.7 Å². The molecule has 0 saturated heterocycles. The molecule has 182 valence electrons. The molecule has 0 unspecified atom stereocenters. The van der Waals surface area contributed by atoms with Crippen LogP contribution in [0, 0.1) is 47.3 Å². The summed E-state index contributed by atoms with van der Waals surface area (Å²) >= 11 is 0. The molecule has 1 aromatic heterocycles. The van der Waals surface area contributed by atoms with Gasteiger partial charge in [-0.15, -0.1) is 0 Å². The summed E-state index contributed by atoms with van der Waals surface area (Å²) in [5.41, 5.74) is 1.77. The minimum atomic E-state index is -0.635. The average molecular weight is 454 g/mol. The number of ketones is 1. The Morgan fingerprint density at radius 2 is 1.85 bits per heavy atom. The fourth-order valence-electron chi connectivity index (χ4n) is 9.25. The second-order valence-electron chi connectivity index (χ2n) is 12.6. The Labute approximate surface area is 199 Å². The smallest absolute Gasteiger partial charge is 0.142 e. The highest BCUT2D eigenvalue weighted by Gasteiger charge is 2.62. The summed E-state index contributed by atoms with van der Waals surface area (Å²) in [5.74, 6) is 3.37. The van der Waals surface area contributed by atoms with Crippen molar-refractivity contribution in [3.8, 4) is 0 Å². The summed E-state index contributed by atoms with van der Waals surface area (Å²) in [4.78, 5) is 18.1. The van der Waals surface area contributed by atoms with Crippen LogP contribution in [-0.2, 0) is 16.0 Å². The first kappa shape index (κ1) is 23.5. The van der Waals surface area contributed by atoms with Gasteiger partial charge in [0.25, 0.3) is 0 Å². The van der Waals surface area contributed by atoms with Crippen molar-refractivity contribution in [3.05, 3.63) is 29.6 Å². The topological polar surface area (TPSA) is 59.4 Å². The van der Waals surface area contributed by atoms with Crippen LogP contribution in [0.2, 0.25) is 0 Å². The molecule has 5 rings (SSSR count). The van der Waals surface area contributed by atoms with E-state index in [0.717, 1.165) is 48.9 Å². The summed E-state index contributed by atoms with van der Waals surface area (Å²) < 4.78 is 5.37. The number of hydrogen-bond acceptors (Lipinski definition) is 4. The quantitative estimate of drug-likeness (QED) is 0.636. The number of methoxy groups -OCH3 is 1. The molecular formula is C29H43NO3. The highest BCUT2D eigenvalue weighted by atomic mass is 16.5. The van der Waals surface area contributed by atoms with Gasteiger partial charge in [0, 0.05) is 30.8 Å². The first-order valence-electron chi connectivity index (χ1n) is 13.4. The third kappa shape index (κ3) is 3.89. The lowest BCUT2D eigenvalue weighted by Gasteiger charge is -2.62. The number of aromatic nitrogens is 1. The summed E-state index contributed by atoms with van der Waals surface area (Å²) in [5, 5.41) is 11.1. The number of carbonyl (C=O) groups excluding carboxylic acids is 1. The zero-order chi connectivity index (χ0) is 23.4. The molecule has 0 aliphatic heterocycles. The van der Waals surface area contributed by atoms with Gasteiger partial charge < -0.3 is 9.84 Å². The van der Waals surface area contributed by atoms with E-state index < -0.39 is 5.60 Å². The van der Waals surface area contributed by atoms with Crippen LogP contribution in [-0.4, -0.2) is 35.2 Å². The zero-order valence-electron chi connectivity index (χ0n) is 21.1. The van der Waals surface area contributed by atoms with E-state index in [2.05, 4.69) is 18.8 Å². The highest BCUT2D eigenvalue weighted by Crippen LogP contribution is 2.68. The molecule has 4 aliphatic carbocycles. The van der Waals surface area contributed by atoms with Gasteiger partial charge in [0.15, 0.2) is 0 Å². The van der Waals surface area contributed by atoms with E-state index in [-0.39, 0.29) is 11.3 Å². The van der Waals surface area contributed by atoms with E-state index in [1.54, 1.807) is 7.11 Å². The molecule has 0 radical (unpaired) electrons. The minimum Gasteiger partial charge on any atom is -0.387 e. The van der Waals surface area contributed by atoms with Crippen molar-refractivity contribution < 1.29 is 14.6 Å². The van der Waals surface area contributed by atoms with E-state index >= 15 is 0 Å². The Balaban J connectivity index is 1.32. The predicted molar refractivity (Wildman–Crippen MR) is 130 cm³/mol. The van der Waals surface area contributed by atoms with Crippen LogP contribution in [0.15, 0.2) is 18.2 Å². The molecule has 4 heteroatoms.